The Morgan fingerprint density at radius 2 is 1.89 bits per heavy atom. The predicted octanol–water partition coefficient (Wildman–Crippen LogP) is 3.72. The molecule has 1 aromatic heterocycles. The van der Waals surface area contributed by atoms with E-state index < -0.39 is 15.8 Å². The largest absolute Gasteiger partial charge is 0.466 e. The van der Waals surface area contributed by atoms with Crippen molar-refractivity contribution in [1.29, 1.82) is 0 Å². The van der Waals surface area contributed by atoms with Gasteiger partial charge in [0.25, 0.3) is 0 Å². The van der Waals surface area contributed by atoms with E-state index in [4.69, 9.17) is 0 Å². The van der Waals surface area contributed by atoms with Crippen LogP contribution in [0.5, 0.6) is 0 Å². The van der Waals surface area contributed by atoms with Gasteiger partial charge in [0, 0.05) is 18.9 Å². The SMILES string of the molecule is COC(=O)/C=C/c1cc(-c2ccc(S(C)(=O)=O)cc2)n(CC2CCCCC2)n1. The molecule has 0 aliphatic heterocycles. The molecular formula is C21H26N2O4S. The van der Waals surface area contributed by atoms with Gasteiger partial charge in [0.2, 0.25) is 0 Å². The molecular weight excluding hydrogens is 376 g/mol. The molecule has 0 bridgehead atoms. The Morgan fingerprint density at radius 1 is 1.21 bits per heavy atom. The minimum Gasteiger partial charge on any atom is -0.466 e. The molecule has 0 atom stereocenters. The number of carbonyl (C=O) groups is 1. The fourth-order valence-corrected chi connectivity index (χ4v) is 4.23. The van der Waals surface area contributed by atoms with Gasteiger partial charge in [0.15, 0.2) is 9.84 Å². The molecule has 1 aliphatic rings. The van der Waals surface area contributed by atoms with Crippen molar-refractivity contribution >= 4 is 21.9 Å². The summed E-state index contributed by atoms with van der Waals surface area (Å²) >= 11 is 0. The number of aromatic nitrogens is 2. The fraction of sp³-hybridized carbons (Fsp3) is 0.429. The van der Waals surface area contributed by atoms with Crippen molar-refractivity contribution in [2.75, 3.05) is 13.4 Å². The average molecular weight is 403 g/mol. The molecule has 1 heterocycles. The van der Waals surface area contributed by atoms with Crippen molar-refractivity contribution < 1.29 is 17.9 Å². The molecule has 0 unspecified atom stereocenters. The van der Waals surface area contributed by atoms with Crippen molar-refractivity contribution in [3.8, 4) is 11.3 Å². The Morgan fingerprint density at radius 3 is 2.50 bits per heavy atom. The number of nitrogens with zero attached hydrogens (tertiary/aromatic N) is 2. The highest BCUT2D eigenvalue weighted by Crippen LogP contribution is 2.28. The number of methoxy groups -OCH3 is 1. The lowest BCUT2D eigenvalue weighted by atomic mass is 9.89. The molecule has 150 valence electrons. The van der Waals surface area contributed by atoms with E-state index >= 15 is 0 Å². The first-order valence-electron chi connectivity index (χ1n) is 9.51. The summed E-state index contributed by atoms with van der Waals surface area (Å²) in [6, 6.07) is 8.76. The molecule has 0 radical (unpaired) electrons. The smallest absolute Gasteiger partial charge is 0.330 e. The Kier molecular flexibility index (Phi) is 6.34. The molecule has 2 aromatic rings. The van der Waals surface area contributed by atoms with E-state index in [9.17, 15) is 13.2 Å². The zero-order chi connectivity index (χ0) is 20.1. The van der Waals surface area contributed by atoms with Crippen LogP contribution < -0.4 is 0 Å². The number of hydrogen-bond acceptors (Lipinski definition) is 5. The van der Waals surface area contributed by atoms with Crippen LogP contribution in [-0.4, -0.2) is 37.5 Å². The molecule has 0 spiro atoms. The third-order valence-electron chi connectivity index (χ3n) is 5.12. The van der Waals surface area contributed by atoms with E-state index in [2.05, 4.69) is 9.84 Å². The van der Waals surface area contributed by atoms with Gasteiger partial charge in [0.05, 0.1) is 23.4 Å². The van der Waals surface area contributed by atoms with Crippen LogP contribution in [0.2, 0.25) is 0 Å². The van der Waals surface area contributed by atoms with E-state index in [0.717, 1.165) is 17.8 Å². The van der Waals surface area contributed by atoms with E-state index in [-0.39, 0.29) is 0 Å². The van der Waals surface area contributed by atoms with Crippen LogP contribution in [0, 0.1) is 5.92 Å². The van der Waals surface area contributed by atoms with Gasteiger partial charge >= 0.3 is 5.97 Å². The van der Waals surface area contributed by atoms with Gasteiger partial charge in [-0.25, -0.2) is 13.2 Å². The summed E-state index contributed by atoms with van der Waals surface area (Å²) in [5.41, 5.74) is 2.48. The number of esters is 1. The van der Waals surface area contributed by atoms with Crippen molar-refractivity contribution in [2.24, 2.45) is 5.92 Å². The van der Waals surface area contributed by atoms with E-state index in [1.165, 1.54) is 51.5 Å². The number of hydrogen-bond donors (Lipinski definition) is 0. The van der Waals surface area contributed by atoms with Crippen molar-refractivity contribution in [3.05, 3.63) is 42.1 Å². The molecule has 0 saturated heterocycles. The molecule has 0 N–H and O–H groups in total. The predicted molar refractivity (Wildman–Crippen MR) is 108 cm³/mol. The Bertz CT molecular complexity index is 953. The van der Waals surface area contributed by atoms with Crippen LogP contribution in [0.25, 0.3) is 17.3 Å². The number of sulfone groups is 1. The summed E-state index contributed by atoms with van der Waals surface area (Å²) in [6.45, 7) is 0.815. The molecule has 3 rings (SSSR count). The van der Waals surface area contributed by atoms with E-state index in [0.29, 0.717) is 16.5 Å². The third kappa shape index (κ3) is 5.10. The molecule has 1 aromatic carbocycles. The summed E-state index contributed by atoms with van der Waals surface area (Å²) in [6.07, 6.45) is 10.4. The maximum Gasteiger partial charge on any atom is 0.330 e. The lowest BCUT2D eigenvalue weighted by molar-refractivity contribution is -0.134. The summed E-state index contributed by atoms with van der Waals surface area (Å²) in [4.78, 5) is 11.7. The Hall–Kier alpha value is -2.41. The maximum atomic E-state index is 11.7. The Balaban J connectivity index is 1.93. The normalized spacial score (nSPS) is 15.8. The third-order valence-corrected chi connectivity index (χ3v) is 6.25. The zero-order valence-electron chi connectivity index (χ0n) is 16.3. The first-order valence-corrected chi connectivity index (χ1v) is 11.4. The average Bonchev–Trinajstić information content (AvgIpc) is 3.09. The zero-order valence-corrected chi connectivity index (χ0v) is 17.1. The van der Waals surface area contributed by atoms with Gasteiger partial charge in [-0.05, 0) is 48.6 Å². The van der Waals surface area contributed by atoms with Crippen LogP contribution in [0.3, 0.4) is 0 Å². The minimum atomic E-state index is -3.24. The van der Waals surface area contributed by atoms with Crippen LogP contribution in [0.4, 0.5) is 0 Å². The topological polar surface area (TPSA) is 78.3 Å². The second kappa shape index (κ2) is 8.73. The summed E-state index contributed by atoms with van der Waals surface area (Å²) in [7, 11) is -1.90. The molecule has 1 fully saturated rings. The molecule has 0 amide bonds. The highest BCUT2D eigenvalue weighted by molar-refractivity contribution is 7.90. The van der Waals surface area contributed by atoms with Gasteiger partial charge in [-0.3, -0.25) is 4.68 Å². The lowest BCUT2D eigenvalue weighted by Crippen LogP contribution is -2.15. The molecule has 1 aliphatic carbocycles. The van der Waals surface area contributed by atoms with Gasteiger partial charge in [0.1, 0.15) is 0 Å². The first-order chi connectivity index (χ1) is 13.4. The maximum absolute atomic E-state index is 11.7. The van der Waals surface area contributed by atoms with Crippen LogP contribution >= 0.6 is 0 Å². The molecule has 1 saturated carbocycles. The van der Waals surface area contributed by atoms with Crippen molar-refractivity contribution in [3.63, 3.8) is 0 Å². The Labute approximate surface area is 166 Å². The highest BCUT2D eigenvalue weighted by Gasteiger charge is 2.18. The van der Waals surface area contributed by atoms with Gasteiger partial charge < -0.3 is 4.74 Å². The van der Waals surface area contributed by atoms with Crippen LogP contribution in [0.1, 0.15) is 37.8 Å². The van der Waals surface area contributed by atoms with Gasteiger partial charge in [-0.1, -0.05) is 31.4 Å². The highest BCUT2D eigenvalue weighted by atomic mass is 32.2. The second-order valence-electron chi connectivity index (χ2n) is 7.29. The number of benzene rings is 1. The van der Waals surface area contributed by atoms with Crippen molar-refractivity contribution in [2.45, 2.75) is 43.5 Å². The summed E-state index contributed by atoms with van der Waals surface area (Å²) in [5, 5.41) is 4.66. The molecule has 7 heteroatoms. The first kappa shape index (κ1) is 20.3. The minimum absolute atomic E-state index is 0.292. The van der Waals surface area contributed by atoms with E-state index in [1.54, 1.807) is 30.3 Å². The summed E-state index contributed by atoms with van der Waals surface area (Å²) in [5.74, 6) is 0.154. The van der Waals surface area contributed by atoms with Gasteiger partial charge in [-0.15, -0.1) is 0 Å². The van der Waals surface area contributed by atoms with Crippen molar-refractivity contribution in [1.82, 2.24) is 9.78 Å². The monoisotopic (exact) mass is 402 g/mol. The summed E-state index contributed by atoms with van der Waals surface area (Å²) < 4.78 is 30.1. The van der Waals surface area contributed by atoms with Gasteiger partial charge in [-0.2, -0.15) is 5.10 Å². The number of rotatable bonds is 6. The molecule has 28 heavy (non-hydrogen) atoms. The number of ether oxygens (including phenoxy) is 1. The lowest BCUT2D eigenvalue weighted by Gasteiger charge is -2.22. The standard InChI is InChI=1S/C21H26N2O4S/c1-27-21(24)13-10-18-14-20(17-8-11-19(12-9-17)28(2,25)26)23(22-18)15-16-6-4-3-5-7-16/h8-14,16H,3-7,15H2,1-2H3/b13-10+. The number of carbonyl (C=O) groups excluding carboxylic acids is 1. The molecule has 6 nitrogen and oxygen atoms in total. The van der Waals surface area contributed by atoms with Crippen LogP contribution in [0.15, 0.2) is 41.3 Å². The quantitative estimate of drug-likeness (QED) is 0.544. The van der Waals surface area contributed by atoms with E-state index in [1.807, 2.05) is 10.7 Å². The van der Waals surface area contributed by atoms with Crippen LogP contribution in [-0.2, 0) is 25.9 Å². The fourth-order valence-electron chi connectivity index (χ4n) is 3.60. The second-order valence-corrected chi connectivity index (χ2v) is 9.31.